The van der Waals surface area contributed by atoms with Crippen molar-refractivity contribution in [1.82, 2.24) is 14.5 Å². The molecule has 164 valence electrons. The molecule has 0 fully saturated rings. The molecular weight excluding hydrogens is 459 g/mol. The number of anilines is 2. The van der Waals surface area contributed by atoms with Crippen LogP contribution in [0.3, 0.4) is 0 Å². The molecule has 2 aromatic heterocycles. The van der Waals surface area contributed by atoms with Crippen LogP contribution in [0.25, 0.3) is 5.95 Å². The summed E-state index contributed by atoms with van der Waals surface area (Å²) in [5, 5.41) is 2.78. The SMILES string of the molecule is Cc1cc(C(=O)Nc2cc(Cl)cc(NS(C)(=O)=O)c2)cn1-c1ncc(C(F)(F)F)cn1. The van der Waals surface area contributed by atoms with Crippen LogP contribution in [0.2, 0.25) is 5.02 Å². The predicted octanol–water partition coefficient (Wildman–Crippen LogP) is 3.87. The molecule has 0 aliphatic heterocycles. The number of halogens is 4. The average molecular weight is 474 g/mol. The number of benzene rings is 1. The molecule has 13 heteroatoms. The first kappa shape index (κ1) is 22.6. The lowest BCUT2D eigenvalue weighted by Gasteiger charge is -2.09. The van der Waals surface area contributed by atoms with Gasteiger partial charge in [0.25, 0.3) is 5.91 Å². The van der Waals surface area contributed by atoms with Gasteiger partial charge in [0.2, 0.25) is 16.0 Å². The van der Waals surface area contributed by atoms with E-state index < -0.39 is 27.7 Å². The van der Waals surface area contributed by atoms with Crippen LogP contribution in [0.1, 0.15) is 21.6 Å². The van der Waals surface area contributed by atoms with Gasteiger partial charge in [-0.2, -0.15) is 13.2 Å². The van der Waals surface area contributed by atoms with Crippen molar-refractivity contribution in [3.63, 3.8) is 0 Å². The molecule has 2 heterocycles. The van der Waals surface area contributed by atoms with Gasteiger partial charge in [-0.1, -0.05) is 11.6 Å². The normalized spacial score (nSPS) is 11.9. The van der Waals surface area contributed by atoms with Crippen LogP contribution < -0.4 is 10.0 Å². The summed E-state index contributed by atoms with van der Waals surface area (Å²) < 4.78 is 64.5. The summed E-state index contributed by atoms with van der Waals surface area (Å²) in [5.41, 5.74) is 0.101. The Morgan fingerprint density at radius 1 is 1.10 bits per heavy atom. The molecule has 0 bridgehead atoms. The van der Waals surface area contributed by atoms with Gasteiger partial charge in [0.1, 0.15) is 0 Å². The van der Waals surface area contributed by atoms with Crippen LogP contribution in [0.15, 0.2) is 42.9 Å². The fourth-order valence-electron chi connectivity index (χ4n) is 2.64. The van der Waals surface area contributed by atoms with E-state index in [1.165, 1.54) is 35.0 Å². The van der Waals surface area contributed by atoms with Crippen molar-refractivity contribution >= 4 is 38.9 Å². The molecule has 31 heavy (non-hydrogen) atoms. The van der Waals surface area contributed by atoms with E-state index in [9.17, 15) is 26.4 Å². The van der Waals surface area contributed by atoms with Gasteiger partial charge >= 0.3 is 6.18 Å². The lowest BCUT2D eigenvalue weighted by atomic mass is 10.2. The predicted molar refractivity (Wildman–Crippen MR) is 109 cm³/mol. The summed E-state index contributed by atoms with van der Waals surface area (Å²) in [6, 6.07) is 5.68. The minimum atomic E-state index is -4.56. The largest absolute Gasteiger partial charge is 0.419 e. The number of sulfonamides is 1. The van der Waals surface area contributed by atoms with E-state index in [4.69, 9.17) is 11.6 Å². The van der Waals surface area contributed by atoms with Crippen molar-refractivity contribution in [2.75, 3.05) is 16.3 Å². The van der Waals surface area contributed by atoms with E-state index in [1.807, 2.05) is 0 Å². The highest BCUT2D eigenvalue weighted by Crippen LogP contribution is 2.28. The quantitative estimate of drug-likeness (QED) is 0.585. The van der Waals surface area contributed by atoms with Crippen molar-refractivity contribution in [3.05, 3.63) is 64.7 Å². The molecule has 0 atom stereocenters. The zero-order chi connectivity index (χ0) is 23.0. The molecule has 0 aliphatic carbocycles. The first-order chi connectivity index (χ1) is 14.3. The Balaban J connectivity index is 1.83. The van der Waals surface area contributed by atoms with Crippen molar-refractivity contribution in [2.45, 2.75) is 13.1 Å². The highest BCUT2D eigenvalue weighted by Gasteiger charge is 2.31. The lowest BCUT2D eigenvalue weighted by molar-refractivity contribution is -0.138. The molecule has 1 amide bonds. The van der Waals surface area contributed by atoms with Gasteiger partial charge in [-0.3, -0.25) is 14.1 Å². The molecule has 0 spiro atoms. The molecule has 0 saturated heterocycles. The minimum absolute atomic E-state index is 0.0352. The number of hydrogen-bond donors (Lipinski definition) is 2. The number of aromatic nitrogens is 3. The van der Waals surface area contributed by atoms with Crippen LogP contribution in [-0.4, -0.2) is 35.1 Å². The van der Waals surface area contributed by atoms with E-state index in [1.54, 1.807) is 6.92 Å². The zero-order valence-electron chi connectivity index (χ0n) is 16.0. The molecule has 3 rings (SSSR count). The Hall–Kier alpha value is -3.12. The number of carbonyl (C=O) groups is 1. The number of carbonyl (C=O) groups excluding carboxylic acids is 1. The van der Waals surface area contributed by atoms with Crippen LogP contribution in [-0.2, 0) is 16.2 Å². The van der Waals surface area contributed by atoms with Gasteiger partial charge in [0.15, 0.2) is 0 Å². The van der Waals surface area contributed by atoms with Crippen molar-refractivity contribution in [2.24, 2.45) is 0 Å². The van der Waals surface area contributed by atoms with Crippen LogP contribution in [0.5, 0.6) is 0 Å². The summed E-state index contributed by atoms with van der Waals surface area (Å²) in [5.74, 6) is -0.590. The number of hydrogen-bond acceptors (Lipinski definition) is 5. The van der Waals surface area contributed by atoms with Crippen molar-refractivity contribution < 1.29 is 26.4 Å². The third kappa shape index (κ3) is 5.73. The van der Waals surface area contributed by atoms with Gasteiger partial charge in [0, 0.05) is 35.0 Å². The smallest absolute Gasteiger partial charge is 0.322 e. The van der Waals surface area contributed by atoms with Gasteiger partial charge in [-0.05, 0) is 31.2 Å². The van der Waals surface area contributed by atoms with E-state index in [0.717, 1.165) is 6.26 Å². The Kier molecular flexibility index (Phi) is 5.96. The zero-order valence-corrected chi connectivity index (χ0v) is 17.6. The fourth-order valence-corrected chi connectivity index (χ4v) is 3.42. The average Bonchev–Trinajstić information content (AvgIpc) is 3.01. The number of amides is 1. The lowest BCUT2D eigenvalue weighted by Crippen LogP contribution is -2.13. The van der Waals surface area contributed by atoms with Gasteiger partial charge < -0.3 is 5.32 Å². The second-order valence-corrected chi connectivity index (χ2v) is 8.75. The monoisotopic (exact) mass is 473 g/mol. The molecular formula is C18H15ClF3N5O3S. The van der Waals surface area contributed by atoms with Crippen molar-refractivity contribution in [3.8, 4) is 5.95 Å². The topological polar surface area (TPSA) is 106 Å². The molecule has 0 radical (unpaired) electrons. The molecule has 3 aromatic rings. The summed E-state index contributed by atoms with van der Waals surface area (Å²) >= 11 is 5.98. The third-order valence-electron chi connectivity index (χ3n) is 3.91. The Bertz CT molecular complexity index is 1240. The first-order valence-corrected chi connectivity index (χ1v) is 10.8. The summed E-state index contributed by atoms with van der Waals surface area (Å²) in [4.78, 5) is 20.0. The fraction of sp³-hybridized carbons (Fsp3) is 0.167. The van der Waals surface area contributed by atoms with Gasteiger partial charge in [-0.15, -0.1) is 0 Å². The number of aryl methyl sites for hydroxylation is 1. The molecule has 0 aliphatic rings. The number of alkyl halides is 3. The molecule has 0 unspecified atom stereocenters. The molecule has 2 N–H and O–H groups in total. The molecule has 8 nitrogen and oxygen atoms in total. The highest BCUT2D eigenvalue weighted by molar-refractivity contribution is 7.92. The second kappa shape index (κ2) is 8.19. The Morgan fingerprint density at radius 3 is 2.29 bits per heavy atom. The van der Waals surface area contributed by atoms with Crippen LogP contribution in [0, 0.1) is 6.92 Å². The maximum absolute atomic E-state index is 12.7. The summed E-state index contributed by atoms with van der Waals surface area (Å²) in [7, 11) is -3.55. The van der Waals surface area contributed by atoms with Gasteiger partial charge in [-0.25, -0.2) is 18.4 Å². The Morgan fingerprint density at radius 2 is 1.71 bits per heavy atom. The van der Waals surface area contributed by atoms with E-state index in [0.29, 0.717) is 18.1 Å². The second-order valence-electron chi connectivity index (χ2n) is 6.57. The van der Waals surface area contributed by atoms with Crippen LogP contribution >= 0.6 is 11.6 Å². The maximum atomic E-state index is 12.7. The molecule has 1 aromatic carbocycles. The standard InChI is InChI=1S/C18H15ClF3N5O3S/c1-10-3-11(9-27(10)17-23-7-12(8-24-17)18(20,21)22)16(28)25-14-4-13(19)5-15(6-14)26-31(2,29)30/h3-9,26H,1-2H3,(H,25,28). The van der Waals surface area contributed by atoms with Crippen molar-refractivity contribution in [1.29, 1.82) is 0 Å². The van der Waals surface area contributed by atoms with E-state index >= 15 is 0 Å². The van der Waals surface area contributed by atoms with Gasteiger partial charge in [0.05, 0.1) is 23.1 Å². The molecule has 0 saturated carbocycles. The number of rotatable bonds is 5. The van der Waals surface area contributed by atoms with E-state index in [2.05, 4.69) is 20.0 Å². The Labute approximate surface area is 180 Å². The first-order valence-electron chi connectivity index (χ1n) is 8.50. The number of nitrogens with zero attached hydrogens (tertiary/aromatic N) is 3. The highest BCUT2D eigenvalue weighted by atomic mass is 35.5. The third-order valence-corrected chi connectivity index (χ3v) is 4.74. The number of nitrogens with one attached hydrogen (secondary N) is 2. The van der Waals surface area contributed by atoms with E-state index in [-0.39, 0.29) is 27.9 Å². The minimum Gasteiger partial charge on any atom is -0.322 e. The van der Waals surface area contributed by atoms with Crippen LogP contribution in [0.4, 0.5) is 24.5 Å². The summed E-state index contributed by atoms with van der Waals surface area (Å²) in [6.07, 6.45) is -0.904. The summed E-state index contributed by atoms with van der Waals surface area (Å²) in [6.45, 7) is 1.63. The maximum Gasteiger partial charge on any atom is 0.419 e.